The Bertz CT molecular complexity index is 1080. The van der Waals surface area contributed by atoms with E-state index in [-0.39, 0.29) is 30.2 Å². The lowest BCUT2D eigenvalue weighted by atomic mass is 10.1. The number of benzene rings is 2. The summed E-state index contributed by atoms with van der Waals surface area (Å²) in [7, 11) is 0. The topological polar surface area (TPSA) is 76.6 Å². The van der Waals surface area contributed by atoms with Crippen LogP contribution in [-0.2, 0) is 17.9 Å². The number of aromatic nitrogens is 1. The highest BCUT2D eigenvalue weighted by Crippen LogP contribution is 2.26. The summed E-state index contributed by atoms with van der Waals surface area (Å²) in [5.41, 5.74) is 2.29. The monoisotopic (exact) mass is 392 g/mol. The molecule has 28 heavy (non-hydrogen) atoms. The summed E-state index contributed by atoms with van der Waals surface area (Å²) >= 11 is 1.48. The number of carbonyl (C=O) groups is 3. The Balaban J connectivity index is 1.50. The number of thiazole rings is 1. The lowest BCUT2D eigenvalue weighted by Gasteiger charge is -2.13. The van der Waals surface area contributed by atoms with E-state index in [1.165, 1.54) is 34.4 Å². The molecule has 140 valence electrons. The molecule has 0 atom stereocenters. The SMILES string of the molecule is Cc1nc(COC(=O)c2ccc3c(c2)C(=O)N(Cc2ccccc2)C3=O)cs1. The average molecular weight is 392 g/mol. The van der Waals surface area contributed by atoms with Crippen LogP contribution in [0.3, 0.4) is 0 Å². The van der Waals surface area contributed by atoms with Crippen LogP contribution in [0, 0.1) is 6.92 Å². The van der Waals surface area contributed by atoms with Gasteiger partial charge in [0.1, 0.15) is 6.61 Å². The first-order valence-corrected chi connectivity index (χ1v) is 9.53. The zero-order valence-corrected chi connectivity index (χ0v) is 15.9. The second kappa shape index (κ2) is 7.36. The van der Waals surface area contributed by atoms with Crippen LogP contribution in [0.2, 0.25) is 0 Å². The fourth-order valence-corrected chi connectivity index (χ4v) is 3.62. The van der Waals surface area contributed by atoms with Crippen molar-refractivity contribution in [2.75, 3.05) is 0 Å². The van der Waals surface area contributed by atoms with Gasteiger partial charge in [0.15, 0.2) is 0 Å². The molecule has 3 aromatic rings. The Labute approximate surface area is 165 Å². The van der Waals surface area contributed by atoms with Gasteiger partial charge in [-0.05, 0) is 30.7 Å². The zero-order chi connectivity index (χ0) is 19.7. The van der Waals surface area contributed by atoms with Gasteiger partial charge in [-0.3, -0.25) is 14.5 Å². The first kappa shape index (κ1) is 18.1. The van der Waals surface area contributed by atoms with Crippen LogP contribution in [0.4, 0.5) is 0 Å². The van der Waals surface area contributed by atoms with Crippen molar-refractivity contribution in [2.45, 2.75) is 20.1 Å². The molecule has 1 aliphatic heterocycles. The third kappa shape index (κ3) is 3.44. The molecule has 7 heteroatoms. The fraction of sp³-hybridized carbons (Fsp3) is 0.143. The molecule has 0 spiro atoms. The number of hydrogen-bond donors (Lipinski definition) is 0. The van der Waals surface area contributed by atoms with Crippen molar-refractivity contribution < 1.29 is 19.1 Å². The van der Waals surface area contributed by atoms with Crippen molar-refractivity contribution in [1.82, 2.24) is 9.88 Å². The van der Waals surface area contributed by atoms with Crippen LogP contribution in [-0.4, -0.2) is 27.7 Å². The number of hydrogen-bond acceptors (Lipinski definition) is 6. The predicted octanol–water partition coefficient (Wildman–Crippen LogP) is 3.60. The van der Waals surface area contributed by atoms with Gasteiger partial charge in [0.05, 0.1) is 33.9 Å². The number of esters is 1. The lowest BCUT2D eigenvalue weighted by molar-refractivity contribution is 0.0468. The summed E-state index contributed by atoms with van der Waals surface area (Å²) in [5.74, 6) is -1.33. The average Bonchev–Trinajstić information content (AvgIpc) is 3.23. The van der Waals surface area contributed by atoms with Crippen molar-refractivity contribution in [2.24, 2.45) is 0 Å². The minimum absolute atomic E-state index is 0.0628. The van der Waals surface area contributed by atoms with Gasteiger partial charge < -0.3 is 4.74 Å². The summed E-state index contributed by atoms with van der Waals surface area (Å²) in [6, 6.07) is 13.7. The van der Waals surface area contributed by atoms with E-state index in [2.05, 4.69) is 4.98 Å². The molecule has 0 N–H and O–H groups in total. The summed E-state index contributed by atoms with van der Waals surface area (Å²) in [6.45, 7) is 2.13. The van der Waals surface area contributed by atoms with Gasteiger partial charge in [0.25, 0.3) is 11.8 Å². The van der Waals surface area contributed by atoms with Gasteiger partial charge in [0, 0.05) is 5.38 Å². The number of rotatable bonds is 5. The van der Waals surface area contributed by atoms with E-state index in [9.17, 15) is 14.4 Å². The van der Waals surface area contributed by atoms with E-state index in [1.807, 2.05) is 42.6 Å². The molecular weight excluding hydrogens is 376 g/mol. The fourth-order valence-electron chi connectivity index (χ4n) is 3.02. The first-order chi connectivity index (χ1) is 13.5. The molecule has 0 radical (unpaired) electrons. The Kier molecular flexibility index (Phi) is 4.75. The molecular formula is C21H16N2O4S. The molecule has 0 fully saturated rings. The Morgan fingerprint density at radius 1 is 1.07 bits per heavy atom. The molecule has 0 unspecified atom stereocenters. The standard InChI is InChI=1S/C21H16N2O4S/c1-13-22-16(12-28-13)11-27-21(26)15-7-8-17-18(9-15)20(25)23(19(17)24)10-14-5-3-2-4-6-14/h2-9,12H,10-11H2,1H3. The van der Waals surface area contributed by atoms with Crippen LogP contribution in [0.1, 0.15) is 47.3 Å². The summed E-state index contributed by atoms with van der Waals surface area (Å²) in [4.78, 5) is 43.1. The summed E-state index contributed by atoms with van der Waals surface area (Å²) in [5, 5.41) is 2.72. The molecule has 6 nitrogen and oxygen atoms in total. The summed E-state index contributed by atoms with van der Waals surface area (Å²) in [6.07, 6.45) is 0. The number of fused-ring (bicyclic) bond motifs is 1. The number of amides is 2. The Morgan fingerprint density at radius 2 is 1.82 bits per heavy atom. The van der Waals surface area contributed by atoms with Gasteiger partial charge in [-0.1, -0.05) is 30.3 Å². The maximum Gasteiger partial charge on any atom is 0.338 e. The van der Waals surface area contributed by atoms with E-state index in [4.69, 9.17) is 4.74 Å². The Hall–Kier alpha value is -3.32. The first-order valence-electron chi connectivity index (χ1n) is 8.65. The number of carbonyl (C=O) groups excluding carboxylic acids is 3. The number of ether oxygens (including phenoxy) is 1. The van der Waals surface area contributed by atoms with Crippen molar-refractivity contribution >= 4 is 29.1 Å². The molecule has 1 aliphatic rings. The molecule has 0 saturated carbocycles. The zero-order valence-electron chi connectivity index (χ0n) is 15.0. The predicted molar refractivity (Wildman–Crippen MR) is 103 cm³/mol. The van der Waals surface area contributed by atoms with Crippen LogP contribution in [0.25, 0.3) is 0 Å². The van der Waals surface area contributed by atoms with Crippen molar-refractivity contribution in [1.29, 1.82) is 0 Å². The normalized spacial score (nSPS) is 13.0. The minimum atomic E-state index is -0.560. The molecule has 2 heterocycles. The molecule has 0 saturated heterocycles. The van der Waals surface area contributed by atoms with E-state index < -0.39 is 11.9 Å². The highest BCUT2D eigenvalue weighted by Gasteiger charge is 2.36. The maximum absolute atomic E-state index is 12.7. The largest absolute Gasteiger partial charge is 0.456 e. The van der Waals surface area contributed by atoms with Gasteiger partial charge >= 0.3 is 5.97 Å². The van der Waals surface area contributed by atoms with Crippen molar-refractivity contribution in [3.8, 4) is 0 Å². The third-order valence-electron chi connectivity index (χ3n) is 4.41. The van der Waals surface area contributed by atoms with Gasteiger partial charge in [-0.25, -0.2) is 9.78 Å². The van der Waals surface area contributed by atoms with Crippen LogP contribution >= 0.6 is 11.3 Å². The molecule has 1 aromatic heterocycles. The number of imide groups is 1. The van der Waals surface area contributed by atoms with Gasteiger partial charge in [0.2, 0.25) is 0 Å². The van der Waals surface area contributed by atoms with E-state index in [0.717, 1.165) is 10.6 Å². The minimum Gasteiger partial charge on any atom is -0.456 e. The van der Waals surface area contributed by atoms with Crippen LogP contribution in [0.5, 0.6) is 0 Å². The smallest absolute Gasteiger partial charge is 0.338 e. The van der Waals surface area contributed by atoms with Crippen molar-refractivity contribution in [3.63, 3.8) is 0 Å². The van der Waals surface area contributed by atoms with Crippen LogP contribution < -0.4 is 0 Å². The second-order valence-electron chi connectivity index (χ2n) is 6.38. The van der Waals surface area contributed by atoms with E-state index >= 15 is 0 Å². The number of nitrogens with zero attached hydrogens (tertiary/aromatic N) is 2. The Morgan fingerprint density at radius 3 is 2.54 bits per heavy atom. The van der Waals surface area contributed by atoms with Gasteiger partial charge in [-0.2, -0.15) is 0 Å². The summed E-state index contributed by atoms with van der Waals surface area (Å²) < 4.78 is 5.27. The maximum atomic E-state index is 12.7. The molecule has 0 aliphatic carbocycles. The molecule has 2 aromatic carbocycles. The van der Waals surface area contributed by atoms with E-state index in [0.29, 0.717) is 11.3 Å². The quantitative estimate of drug-likeness (QED) is 0.490. The highest BCUT2D eigenvalue weighted by molar-refractivity contribution is 7.09. The molecule has 0 bridgehead atoms. The van der Waals surface area contributed by atoms with E-state index in [1.54, 1.807) is 0 Å². The number of aryl methyl sites for hydroxylation is 1. The third-order valence-corrected chi connectivity index (χ3v) is 5.23. The second-order valence-corrected chi connectivity index (χ2v) is 7.44. The van der Waals surface area contributed by atoms with Crippen molar-refractivity contribution in [3.05, 3.63) is 86.9 Å². The lowest BCUT2D eigenvalue weighted by Crippen LogP contribution is -2.29. The highest BCUT2D eigenvalue weighted by atomic mass is 32.1. The van der Waals surface area contributed by atoms with Crippen LogP contribution in [0.15, 0.2) is 53.9 Å². The van der Waals surface area contributed by atoms with Gasteiger partial charge in [-0.15, -0.1) is 11.3 Å². The molecule has 4 rings (SSSR count). The molecule has 2 amide bonds.